The van der Waals surface area contributed by atoms with E-state index in [1.807, 2.05) is 6.07 Å². The van der Waals surface area contributed by atoms with Crippen molar-refractivity contribution in [3.63, 3.8) is 0 Å². The van der Waals surface area contributed by atoms with Gasteiger partial charge in [-0.2, -0.15) is 0 Å². The van der Waals surface area contributed by atoms with E-state index in [-0.39, 0.29) is 10.7 Å². The van der Waals surface area contributed by atoms with E-state index in [1.54, 1.807) is 6.07 Å². The van der Waals surface area contributed by atoms with Gasteiger partial charge in [-0.25, -0.2) is 9.78 Å². The second kappa shape index (κ2) is 5.60. The second-order valence-electron chi connectivity index (χ2n) is 5.75. The average molecular weight is 295 g/mol. The molecule has 1 atom stereocenters. The molecule has 1 aliphatic heterocycles. The number of halogens is 1. The highest BCUT2D eigenvalue weighted by atomic mass is 35.5. The molecule has 3 rings (SSSR count). The normalized spacial score (nSPS) is 23.4. The Morgan fingerprint density at radius 3 is 2.70 bits per heavy atom. The molecule has 1 unspecified atom stereocenters. The van der Waals surface area contributed by atoms with Crippen LogP contribution in [0.5, 0.6) is 0 Å². The van der Waals surface area contributed by atoms with Crippen LogP contribution in [0.1, 0.15) is 49.0 Å². The first kappa shape index (κ1) is 13.7. The van der Waals surface area contributed by atoms with Gasteiger partial charge in [-0.05, 0) is 43.7 Å². The minimum atomic E-state index is -1.06. The molecular formula is C15H19ClN2O2. The van der Waals surface area contributed by atoms with E-state index >= 15 is 0 Å². The summed E-state index contributed by atoms with van der Waals surface area (Å²) in [7, 11) is 0. The van der Waals surface area contributed by atoms with E-state index < -0.39 is 5.97 Å². The van der Waals surface area contributed by atoms with Crippen LogP contribution in [-0.2, 0) is 0 Å². The van der Waals surface area contributed by atoms with Gasteiger partial charge in [-0.15, -0.1) is 0 Å². The van der Waals surface area contributed by atoms with Crippen molar-refractivity contribution in [2.24, 2.45) is 5.92 Å². The standard InChI is InChI=1S/C15H19ClN2O2/c16-11-7-8-13(17-14(11)15(19)20)18-9-3-6-12(18)10-4-1-2-5-10/h7-8,10,12H,1-6,9H2,(H,19,20). The first-order valence-electron chi connectivity index (χ1n) is 7.33. The molecule has 1 N–H and O–H groups in total. The number of hydrogen-bond acceptors (Lipinski definition) is 3. The first-order valence-corrected chi connectivity index (χ1v) is 7.71. The number of hydrogen-bond donors (Lipinski definition) is 1. The fourth-order valence-electron chi connectivity index (χ4n) is 3.65. The predicted octanol–water partition coefficient (Wildman–Crippen LogP) is 3.59. The van der Waals surface area contributed by atoms with E-state index in [2.05, 4.69) is 9.88 Å². The van der Waals surface area contributed by atoms with Crippen LogP contribution in [0, 0.1) is 5.92 Å². The third kappa shape index (κ3) is 2.49. The van der Waals surface area contributed by atoms with Gasteiger partial charge in [0.1, 0.15) is 5.82 Å². The maximum atomic E-state index is 11.2. The molecule has 4 nitrogen and oxygen atoms in total. The molecule has 0 bridgehead atoms. The van der Waals surface area contributed by atoms with E-state index in [0.29, 0.717) is 6.04 Å². The summed E-state index contributed by atoms with van der Waals surface area (Å²) in [6.07, 6.45) is 7.58. The number of rotatable bonds is 3. The largest absolute Gasteiger partial charge is 0.476 e. The van der Waals surface area contributed by atoms with Crippen molar-refractivity contribution in [1.29, 1.82) is 0 Å². The molecule has 0 aromatic carbocycles. The molecule has 0 amide bonds. The van der Waals surface area contributed by atoms with Crippen LogP contribution in [0.25, 0.3) is 0 Å². The first-order chi connectivity index (χ1) is 9.66. The van der Waals surface area contributed by atoms with Crippen molar-refractivity contribution in [1.82, 2.24) is 4.98 Å². The van der Waals surface area contributed by atoms with Gasteiger partial charge in [0, 0.05) is 12.6 Å². The van der Waals surface area contributed by atoms with Crippen molar-refractivity contribution < 1.29 is 9.90 Å². The summed E-state index contributed by atoms with van der Waals surface area (Å²) in [5.41, 5.74) is -0.0405. The van der Waals surface area contributed by atoms with E-state index in [9.17, 15) is 4.79 Å². The maximum Gasteiger partial charge on any atom is 0.356 e. The van der Waals surface area contributed by atoms with Crippen LogP contribution in [0.15, 0.2) is 12.1 Å². The van der Waals surface area contributed by atoms with Gasteiger partial charge in [0.05, 0.1) is 5.02 Å². The molecule has 0 radical (unpaired) electrons. The third-order valence-corrected chi connectivity index (χ3v) is 4.88. The zero-order chi connectivity index (χ0) is 14.1. The Morgan fingerprint density at radius 1 is 1.25 bits per heavy atom. The van der Waals surface area contributed by atoms with Gasteiger partial charge in [0.25, 0.3) is 0 Å². The Balaban J connectivity index is 1.87. The topological polar surface area (TPSA) is 53.4 Å². The van der Waals surface area contributed by atoms with Crippen LogP contribution in [-0.4, -0.2) is 28.6 Å². The van der Waals surface area contributed by atoms with Gasteiger partial charge in [-0.1, -0.05) is 24.4 Å². The van der Waals surface area contributed by atoms with Crippen molar-refractivity contribution in [3.8, 4) is 0 Å². The monoisotopic (exact) mass is 294 g/mol. The molecule has 0 spiro atoms. The molecule has 20 heavy (non-hydrogen) atoms. The molecule has 1 aliphatic carbocycles. The Hall–Kier alpha value is -1.29. The molecule has 108 valence electrons. The Morgan fingerprint density at radius 2 is 2.00 bits per heavy atom. The number of nitrogens with zero attached hydrogens (tertiary/aromatic N) is 2. The molecule has 2 aliphatic rings. The Labute approximate surface area is 123 Å². The smallest absolute Gasteiger partial charge is 0.356 e. The number of pyridine rings is 1. The maximum absolute atomic E-state index is 11.2. The lowest BCUT2D eigenvalue weighted by Crippen LogP contribution is -2.35. The van der Waals surface area contributed by atoms with Gasteiger partial charge >= 0.3 is 5.97 Å². The van der Waals surface area contributed by atoms with Crippen molar-refractivity contribution >= 4 is 23.4 Å². The summed E-state index contributed by atoms with van der Waals surface area (Å²) in [5.74, 6) is 0.443. The number of aromatic carboxylic acids is 1. The number of aromatic nitrogens is 1. The van der Waals surface area contributed by atoms with Crippen LogP contribution in [0.2, 0.25) is 5.02 Å². The minimum Gasteiger partial charge on any atom is -0.476 e. The zero-order valence-corrected chi connectivity index (χ0v) is 12.1. The number of carbonyl (C=O) groups is 1. The van der Waals surface area contributed by atoms with Crippen LogP contribution >= 0.6 is 11.6 Å². The lowest BCUT2D eigenvalue weighted by molar-refractivity contribution is 0.0691. The lowest BCUT2D eigenvalue weighted by Gasteiger charge is -2.30. The third-order valence-electron chi connectivity index (χ3n) is 4.57. The van der Waals surface area contributed by atoms with Crippen molar-refractivity contribution in [3.05, 3.63) is 22.8 Å². The second-order valence-corrected chi connectivity index (χ2v) is 6.16. The van der Waals surface area contributed by atoms with Crippen molar-refractivity contribution in [2.75, 3.05) is 11.4 Å². The minimum absolute atomic E-state index is 0.0405. The van der Waals surface area contributed by atoms with Crippen LogP contribution in [0.4, 0.5) is 5.82 Å². The highest BCUT2D eigenvalue weighted by Gasteiger charge is 2.34. The van der Waals surface area contributed by atoms with Gasteiger partial charge in [-0.3, -0.25) is 0 Å². The summed E-state index contributed by atoms with van der Waals surface area (Å²) in [6.45, 7) is 0.967. The van der Waals surface area contributed by atoms with Crippen molar-refractivity contribution in [2.45, 2.75) is 44.6 Å². The lowest BCUT2D eigenvalue weighted by atomic mass is 9.96. The molecule has 1 saturated heterocycles. The van der Waals surface area contributed by atoms with Gasteiger partial charge < -0.3 is 10.0 Å². The highest BCUT2D eigenvalue weighted by molar-refractivity contribution is 6.33. The average Bonchev–Trinajstić information content (AvgIpc) is 3.09. The highest BCUT2D eigenvalue weighted by Crippen LogP contribution is 2.37. The van der Waals surface area contributed by atoms with E-state index in [0.717, 1.165) is 24.7 Å². The number of anilines is 1. The molecular weight excluding hydrogens is 276 g/mol. The van der Waals surface area contributed by atoms with E-state index in [4.69, 9.17) is 16.7 Å². The fourth-order valence-corrected chi connectivity index (χ4v) is 3.84. The molecule has 1 saturated carbocycles. The molecule has 5 heteroatoms. The summed E-state index contributed by atoms with van der Waals surface area (Å²) < 4.78 is 0. The quantitative estimate of drug-likeness (QED) is 0.925. The SMILES string of the molecule is O=C(O)c1nc(N2CCCC2C2CCCC2)ccc1Cl. The summed E-state index contributed by atoms with van der Waals surface area (Å²) in [4.78, 5) is 17.7. The zero-order valence-electron chi connectivity index (χ0n) is 11.4. The Bertz CT molecular complexity index is 515. The molecule has 2 fully saturated rings. The summed E-state index contributed by atoms with van der Waals surface area (Å²) in [6, 6.07) is 4.02. The molecule has 1 aromatic rings. The fraction of sp³-hybridized carbons (Fsp3) is 0.600. The Kier molecular flexibility index (Phi) is 3.83. The van der Waals surface area contributed by atoms with Gasteiger partial charge in [0.15, 0.2) is 5.69 Å². The number of carboxylic acid groups (broad SMARTS) is 1. The van der Waals surface area contributed by atoms with Crippen LogP contribution in [0.3, 0.4) is 0 Å². The van der Waals surface area contributed by atoms with Gasteiger partial charge in [0.2, 0.25) is 0 Å². The van der Waals surface area contributed by atoms with E-state index in [1.165, 1.54) is 32.1 Å². The number of carboxylic acids is 1. The predicted molar refractivity (Wildman–Crippen MR) is 78.5 cm³/mol. The summed E-state index contributed by atoms with van der Waals surface area (Å²) in [5, 5.41) is 9.35. The molecule has 2 heterocycles. The molecule has 1 aromatic heterocycles. The van der Waals surface area contributed by atoms with Crippen LogP contribution < -0.4 is 4.90 Å². The summed E-state index contributed by atoms with van der Waals surface area (Å²) >= 11 is 5.90.